The Balaban J connectivity index is 4.15. The van der Waals surface area contributed by atoms with Crippen LogP contribution in [-0.2, 0) is 9.53 Å². The molecule has 0 aliphatic rings. The molecule has 0 spiro atoms. The van der Waals surface area contributed by atoms with Crippen LogP contribution in [0.25, 0.3) is 0 Å². The van der Waals surface area contributed by atoms with Gasteiger partial charge in [0, 0.05) is 11.6 Å². The smallest absolute Gasteiger partial charge is 0.412 e. The molecule has 0 rings (SSSR count). The number of halogens is 4. The highest BCUT2D eigenvalue weighted by molar-refractivity contribution is 5.82. The average molecular weight is 200 g/mol. The van der Waals surface area contributed by atoms with E-state index in [-0.39, 0.29) is 6.08 Å². The van der Waals surface area contributed by atoms with Gasteiger partial charge in [-0.1, -0.05) is 0 Å². The quantitative estimate of drug-likeness (QED) is 0.395. The van der Waals surface area contributed by atoms with Gasteiger partial charge in [0.1, 0.15) is 13.3 Å². The first-order chi connectivity index (χ1) is 5.88. The van der Waals surface area contributed by atoms with Crippen molar-refractivity contribution in [1.29, 1.82) is 0 Å². The number of carbonyl (C=O) groups is 1. The molecule has 2 nitrogen and oxygen atoms in total. The molecule has 0 fully saturated rings. The van der Waals surface area contributed by atoms with Crippen molar-refractivity contribution in [2.24, 2.45) is 0 Å². The van der Waals surface area contributed by atoms with E-state index in [0.29, 0.717) is 0 Å². The first-order valence-electron chi connectivity index (χ1n) is 3.36. The fourth-order valence-corrected chi connectivity index (χ4v) is 0.439. The summed E-state index contributed by atoms with van der Waals surface area (Å²) in [4.78, 5) is 10.5. The van der Waals surface area contributed by atoms with Crippen molar-refractivity contribution < 1.29 is 27.1 Å². The van der Waals surface area contributed by atoms with Gasteiger partial charge in [0.15, 0.2) is 0 Å². The molecule has 0 aliphatic carbocycles. The molecule has 0 bridgehead atoms. The van der Waals surface area contributed by atoms with Gasteiger partial charge >= 0.3 is 12.1 Å². The molecule has 0 heterocycles. The van der Waals surface area contributed by atoms with Gasteiger partial charge in [0.2, 0.25) is 0 Å². The summed E-state index contributed by atoms with van der Waals surface area (Å²) in [6.07, 6.45) is -4.26. The summed E-state index contributed by atoms with van der Waals surface area (Å²) in [7, 11) is 0. The van der Waals surface area contributed by atoms with Crippen molar-refractivity contribution in [2.45, 2.75) is 13.1 Å². The minimum absolute atomic E-state index is 0.287. The van der Waals surface area contributed by atoms with Crippen molar-refractivity contribution in [2.75, 3.05) is 13.3 Å². The van der Waals surface area contributed by atoms with Crippen LogP contribution >= 0.6 is 0 Å². The lowest BCUT2D eigenvalue weighted by Gasteiger charge is -2.05. The summed E-state index contributed by atoms with van der Waals surface area (Å²) in [5, 5.41) is 0. The van der Waals surface area contributed by atoms with Gasteiger partial charge in [0.25, 0.3) is 0 Å². The molecule has 0 aromatic heterocycles. The summed E-state index contributed by atoms with van der Waals surface area (Å²) < 4.78 is 50.8. The zero-order valence-electron chi connectivity index (χ0n) is 6.82. The predicted octanol–water partition coefficient (Wildman–Crippen LogP) is 2.01. The van der Waals surface area contributed by atoms with E-state index >= 15 is 0 Å². The molecule has 0 atom stereocenters. The number of carbonyl (C=O) groups excluding carboxylic acids is 1. The number of rotatable bonds is 3. The van der Waals surface area contributed by atoms with Crippen LogP contribution in [-0.4, -0.2) is 25.4 Å². The largest absolute Gasteiger partial charge is 0.460 e. The van der Waals surface area contributed by atoms with E-state index in [1.807, 2.05) is 0 Å². The number of alkyl halides is 4. The molecule has 0 aliphatic heterocycles. The molecule has 76 valence electrons. The van der Waals surface area contributed by atoms with Gasteiger partial charge in [-0.25, -0.2) is 9.18 Å². The highest BCUT2D eigenvalue weighted by Crippen LogP contribution is 2.24. The number of allylic oxidation sites excluding steroid dienone is 1. The van der Waals surface area contributed by atoms with E-state index < -0.39 is 31.0 Å². The molecule has 6 heteroatoms. The fourth-order valence-electron chi connectivity index (χ4n) is 0.439. The number of esters is 1. The average Bonchev–Trinajstić information content (AvgIpc) is 1.99. The predicted molar refractivity (Wildman–Crippen MR) is 36.7 cm³/mol. The molecular formula is C7H8F4O2. The Morgan fingerprint density at radius 3 is 2.38 bits per heavy atom. The fraction of sp³-hybridized carbons (Fsp3) is 0.571. The Labute approximate surface area is 72.2 Å². The molecule has 0 aromatic carbocycles. The second kappa shape index (κ2) is 4.84. The van der Waals surface area contributed by atoms with Crippen LogP contribution < -0.4 is 0 Å². The van der Waals surface area contributed by atoms with E-state index in [4.69, 9.17) is 0 Å². The second-order valence-corrected chi connectivity index (χ2v) is 2.18. The Kier molecular flexibility index (Phi) is 4.44. The van der Waals surface area contributed by atoms with Crippen LogP contribution in [0.15, 0.2) is 11.6 Å². The lowest BCUT2D eigenvalue weighted by molar-refractivity contribution is -0.139. The molecular weight excluding hydrogens is 192 g/mol. The summed E-state index contributed by atoms with van der Waals surface area (Å²) in [6.45, 7) is -0.707. The molecule has 0 aromatic rings. The zero-order chi connectivity index (χ0) is 10.5. The van der Waals surface area contributed by atoms with Crippen LogP contribution in [0, 0.1) is 0 Å². The molecule has 0 saturated carbocycles. The maximum atomic E-state index is 11.8. The molecule has 0 radical (unpaired) electrons. The maximum absolute atomic E-state index is 11.8. The van der Waals surface area contributed by atoms with Crippen molar-refractivity contribution in [3.8, 4) is 0 Å². The van der Waals surface area contributed by atoms with Crippen molar-refractivity contribution in [1.82, 2.24) is 0 Å². The van der Waals surface area contributed by atoms with Gasteiger partial charge in [-0.3, -0.25) is 0 Å². The number of hydrogen-bond donors (Lipinski definition) is 0. The van der Waals surface area contributed by atoms with Gasteiger partial charge in [-0.05, 0) is 6.92 Å². The number of hydrogen-bond acceptors (Lipinski definition) is 2. The SMILES string of the molecule is C/C(=C\C(=O)OCCF)C(F)(F)F. The van der Waals surface area contributed by atoms with Crippen LogP contribution in [0.3, 0.4) is 0 Å². The van der Waals surface area contributed by atoms with E-state index in [9.17, 15) is 22.4 Å². The van der Waals surface area contributed by atoms with Gasteiger partial charge in [-0.2, -0.15) is 13.2 Å². The van der Waals surface area contributed by atoms with Crippen LogP contribution in [0.1, 0.15) is 6.92 Å². The highest BCUT2D eigenvalue weighted by Gasteiger charge is 2.30. The lowest BCUT2D eigenvalue weighted by atomic mass is 10.3. The summed E-state index contributed by atoms with van der Waals surface area (Å²) in [6, 6.07) is 0. The topological polar surface area (TPSA) is 26.3 Å². The second-order valence-electron chi connectivity index (χ2n) is 2.18. The van der Waals surface area contributed by atoms with E-state index in [1.165, 1.54) is 0 Å². The van der Waals surface area contributed by atoms with Crippen LogP contribution in [0.2, 0.25) is 0 Å². The maximum Gasteiger partial charge on any atom is 0.412 e. The van der Waals surface area contributed by atoms with Gasteiger partial charge in [0.05, 0.1) is 0 Å². The van der Waals surface area contributed by atoms with Crippen molar-refractivity contribution in [3.63, 3.8) is 0 Å². The summed E-state index contributed by atoms with van der Waals surface area (Å²) >= 11 is 0. The minimum Gasteiger partial charge on any atom is -0.460 e. The Hall–Kier alpha value is -1.07. The molecule has 13 heavy (non-hydrogen) atoms. The lowest BCUT2D eigenvalue weighted by Crippen LogP contribution is -2.12. The Bertz CT molecular complexity index is 207. The normalized spacial score (nSPS) is 12.8. The van der Waals surface area contributed by atoms with Crippen molar-refractivity contribution >= 4 is 5.97 Å². The molecule has 0 unspecified atom stereocenters. The standard InChI is InChI=1S/C7H8F4O2/c1-5(7(9,10)11)4-6(12)13-3-2-8/h4H,2-3H2,1H3/b5-4+. The van der Waals surface area contributed by atoms with E-state index in [0.717, 1.165) is 6.92 Å². The highest BCUT2D eigenvalue weighted by atomic mass is 19.4. The van der Waals surface area contributed by atoms with Crippen LogP contribution in [0.5, 0.6) is 0 Å². The zero-order valence-corrected chi connectivity index (χ0v) is 6.82. The monoisotopic (exact) mass is 200 g/mol. The third kappa shape index (κ3) is 5.21. The molecule has 0 amide bonds. The van der Waals surface area contributed by atoms with Crippen LogP contribution in [0.4, 0.5) is 17.6 Å². The Morgan fingerprint density at radius 1 is 1.46 bits per heavy atom. The van der Waals surface area contributed by atoms with E-state index in [2.05, 4.69) is 4.74 Å². The summed E-state index contributed by atoms with van der Waals surface area (Å²) in [5.74, 6) is -1.19. The van der Waals surface area contributed by atoms with Crippen molar-refractivity contribution in [3.05, 3.63) is 11.6 Å². The minimum atomic E-state index is -4.55. The third-order valence-electron chi connectivity index (χ3n) is 1.10. The molecule has 0 saturated heterocycles. The first kappa shape index (κ1) is 11.9. The molecule has 0 N–H and O–H groups in total. The first-order valence-corrected chi connectivity index (χ1v) is 3.36. The van der Waals surface area contributed by atoms with Gasteiger partial charge < -0.3 is 4.74 Å². The third-order valence-corrected chi connectivity index (χ3v) is 1.10. The van der Waals surface area contributed by atoms with Gasteiger partial charge in [-0.15, -0.1) is 0 Å². The summed E-state index contributed by atoms with van der Waals surface area (Å²) in [5.41, 5.74) is -1.07. The van der Waals surface area contributed by atoms with E-state index in [1.54, 1.807) is 0 Å². The Morgan fingerprint density at radius 2 is 2.00 bits per heavy atom. The number of ether oxygens (including phenoxy) is 1.